The molecular weight excluding hydrogens is 541 g/mol. The molecule has 0 radical (unpaired) electrons. The number of nitrogens with zero attached hydrogens (tertiary/aromatic N) is 6. The van der Waals surface area contributed by atoms with Crippen molar-refractivity contribution >= 4 is 33.1 Å². The van der Waals surface area contributed by atoms with Gasteiger partial charge in [-0.1, -0.05) is 0 Å². The Bertz CT molecular complexity index is 1420. The largest absolute Gasteiger partial charge is 0.489 e. The van der Waals surface area contributed by atoms with Gasteiger partial charge in [0, 0.05) is 45.9 Å². The number of thioether (sulfide) groups is 1. The number of carbonyl (C=O) groups is 1. The molecular formula is C24H27F3N6O3S2. The van der Waals surface area contributed by atoms with E-state index in [0.29, 0.717) is 28.8 Å². The lowest BCUT2D eigenvalue weighted by Crippen LogP contribution is -2.35. The van der Waals surface area contributed by atoms with E-state index in [1.807, 2.05) is 0 Å². The molecule has 1 aliphatic heterocycles. The molecule has 2 aromatic heterocycles. The zero-order valence-corrected chi connectivity index (χ0v) is 22.8. The summed E-state index contributed by atoms with van der Waals surface area (Å²) in [6.07, 6.45) is 0.964. The minimum atomic E-state index is -4.64. The fourth-order valence-corrected chi connectivity index (χ4v) is 5.03. The summed E-state index contributed by atoms with van der Waals surface area (Å²) in [6, 6.07) is 5.72. The van der Waals surface area contributed by atoms with Gasteiger partial charge < -0.3 is 9.64 Å². The monoisotopic (exact) mass is 568 g/mol. The minimum absolute atomic E-state index is 0.0122. The van der Waals surface area contributed by atoms with Crippen LogP contribution in [-0.4, -0.2) is 71.4 Å². The van der Waals surface area contributed by atoms with Crippen LogP contribution >= 0.6 is 11.8 Å². The van der Waals surface area contributed by atoms with E-state index in [1.54, 1.807) is 37.7 Å². The summed E-state index contributed by atoms with van der Waals surface area (Å²) in [5, 5.41) is 4.22. The van der Waals surface area contributed by atoms with Gasteiger partial charge in [-0.05, 0) is 44.2 Å². The molecule has 0 saturated carbocycles. The molecule has 0 aliphatic carbocycles. The van der Waals surface area contributed by atoms with Crippen molar-refractivity contribution in [2.45, 2.75) is 32.2 Å². The lowest BCUT2D eigenvalue weighted by atomic mass is 10.1. The van der Waals surface area contributed by atoms with Crippen molar-refractivity contribution in [2.75, 3.05) is 30.6 Å². The molecule has 3 heterocycles. The number of ether oxygens (including phenoxy) is 1. The number of alkyl halides is 3. The van der Waals surface area contributed by atoms with Crippen LogP contribution in [0.25, 0.3) is 5.82 Å². The third-order valence-corrected chi connectivity index (χ3v) is 7.55. The van der Waals surface area contributed by atoms with Crippen molar-refractivity contribution in [1.29, 1.82) is 0 Å². The third kappa shape index (κ3) is 6.46. The first-order valence-electron chi connectivity index (χ1n) is 11.7. The van der Waals surface area contributed by atoms with Gasteiger partial charge in [-0.3, -0.25) is 4.79 Å². The number of aromatic nitrogens is 4. The van der Waals surface area contributed by atoms with Crippen molar-refractivity contribution in [1.82, 2.24) is 24.6 Å². The molecule has 1 saturated heterocycles. The summed E-state index contributed by atoms with van der Waals surface area (Å²) in [7, 11) is -2.36. The first-order valence-corrected chi connectivity index (χ1v) is 15.2. The fraction of sp³-hybridized carbons (Fsp3) is 0.417. The van der Waals surface area contributed by atoms with E-state index in [1.165, 1.54) is 40.7 Å². The standard InChI is InChI=1S/C24H27F3N6O3S2/c1-5-32(23(34)16-8-17(24(25,26)27)10-19(9-16)36-20-12-37-13-20)15(2)22-29-14-30-33(22)21-7-6-18(11-28-21)31-38(3,4)35/h6-11,14-15,20H,5,12-13H2,1-4H3/t15-/m0/s1. The van der Waals surface area contributed by atoms with E-state index < -0.39 is 33.4 Å². The molecule has 9 nitrogen and oxygen atoms in total. The van der Waals surface area contributed by atoms with Crippen molar-refractivity contribution in [2.24, 2.45) is 4.36 Å². The highest BCUT2D eigenvalue weighted by atomic mass is 32.2. The maximum Gasteiger partial charge on any atom is 0.416 e. The van der Waals surface area contributed by atoms with Crippen LogP contribution in [0, 0.1) is 0 Å². The highest BCUT2D eigenvalue weighted by Crippen LogP contribution is 2.35. The molecule has 204 valence electrons. The van der Waals surface area contributed by atoms with Gasteiger partial charge in [-0.25, -0.2) is 14.2 Å². The number of rotatable bonds is 8. The smallest absolute Gasteiger partial charge is 0.416 e. The fourth-order valence-electron chi connectivity index (χ4n) is 3.85. The molecule has 1 atom stereocenters. The molecule has 14 heteroatoms. The summed E-state index contributed by atoms with van der Waals surface area (Å²) >= 11 is 1.64. The molecule has 4 rings (SSSR count). The molecule has 1 fully saturated rings. The molecule has 38 heavy (non-hydrogen) atoms. The Hall–Kier alpha value is -3.13. The van der Waals surface area contributed by atoms with E-state index in [9.17, 15) is 22.2 Å². The van der Waals surface area contributed by atoms with E-state index in [4.69, 9.17) is 4.74 Å². The minimum Gasteiger partial charge on any atom is -0.489 e. The Labute approximate surface area is 223 Å². The van der Waals surface area contributed by atoms with Crippen LogP contribution in [0.5, 0.6) is 5.75 Å². The SMILES string of the molecule is CCN(C(=O)c1cc(OC2CSC2)cc(C(F)(F)F)c1)[C@@H](C)c1ncnn1-c1ccc(N=S(C)(C)=O)cn1. The van der Waals surface area contributed by atoms with E-state index in [-0.39, 0.29) is 24.0 Å². The zero-order chi connectivity index (χ0) is 27.7. The van der Waals surface area contributed by atoms with Crippen LogP contribution in [0.1, 0.15) is 41.6 Å². The molecule has 1 amide bonds. The third-order valence-electron chi connectivity index (χ3n) is 5.68. The maximum atomic E-state index is 13.6. The van der Waals surface area contributed by atoms with Gasteiger partial charge in [0.2, 0.25) is 0 Å². The maximum absolute atomic E-state index is 13.6. The van der Waals surface area contributed by atoms with Crippen molar-refractivity contribution in [3.8, 4) is 11.6 Å². The van der Waals surface area contributed by atoms with Crippen molar-refractivity contribution < 1.29 is 26.9 Å². The lowest BCUT2D eigenvalue weighted by molar-refractivity contribution is -0.137. The van der Waals surface area contributed by atoms with Gasteiger partial charge >= 0.3 is 6.18 Å². The summed E-state index contributed by atoms with van der Waals surface area (Å²) in [6.45, 7) is 3.64. The van der Waals surface area contributed by atoms with Crippen molar-refractivity contribution in [3.63, 3.8) is 0 Å². The number of pyridine rings is 1. The number of carbonyl (C=O) groups excluding carboxylic acids is 1. The van der Waals surface area contributed by atoms with Gasteiger partial charge in [0.25, 0.3) is 5.91 Å². The second-order valence-electron chi connectivity index (χ2n) is 8.97. The van der Waals surface area contributed by atoms with Crippen LogP contribution in [0.4, 0.5) is 18.9 Å². The van der Waals surface area contributed by atoms with Gasteiger partial charge in [-0.2, -0.15) is 39.1 Å². The average molecular weight is 569 g/mol. The van der Waals surface area contributed by atoms with E-state index in [2.05, 4.69) is 19.4 Å². The number of amides is 1. The first-order chi connectivity index (χ1) is 17.9. The van der Waals surface area contributed by atoms with Gasteiger partial charge in [0.05, 0.1) is 23.5 Å². The Morgan fingerprint density at radius 1 is 1.26 bits per heavy atom. The number of hydrogen-bond donors (Lipinski definition) is 0. The lowest BCUT2D eigenvalue weighted by Gasteiger charge is -2.29. The molecule has 1 aliphatic rings. The molecule has 0 bridgehead atoms. The number of hydrogen-bond acceptors (Lipinski definition) is 8. The second kappa shape index (κ2) is 10.9. The quantitative estimate of drug-likeness (QED) is 0.386. The summed E-state index contributed by atoms with van der Waals surface area (Å²) in [5.74, 6) is 1.54. The Kier molecular flexibility index (Phi) is 8.02. The van der Waals surface area contributed by atoms with Gasteiger partial charge in [-0.15, -0.1) is 0 Å². The van der Waals surface area contributed by atoms with Gasteiger partial charge in [0.1, 0.15) is 18.2 Å². The average Bonchev–Trinajstić information content (AvgIpc) is 3.30. The van der Waals surface area contributed by atoms with E-state index >= 15 is 0 Å². The predicted molar refractivity (Wildman–Crippen MR) is 140 cm³/mol. The normalized spacial score (nSPS) is 15.0. The Morgan fingerprint density at radius 3 is 2.55 bits per heavy atom. The van der Waals surface area contributed by atoms with Crippen LogP contribution < -0.4 is 4.74 Å². The van der Waals surface area contributed by atoms with Crippen molar-refractivity contribution in [3.05, 3.63) is 59.8 Å². The summed E-state index contributed by atoms with van der Waals surface area (Å²) in [4.78, 5) is 23.5. The first kappa shape index (κ1) is 27.9. The molecule has 0 unspecified atom stereocenters. The van der Waals surface area contributed by atoms with E-state index in [0.717, 1.165) is 12.1 Å². The predicted octanol–water partition coefficient (Wildman–Crippen LogP) is 4.76. The summed E-state index contributed by atoms with van der Waals surface area (Å²) in [5.41, 5.74) is -0.643. The number of halogens is 3. The van der Waals surface area contributed by atoms with Crippen LogP contribution in [-0.2, 0) is 15.9 Å². The topological polar surface area (TPSA) is 103 Å². The Morgan fingerprint density at radius 2 is 2.00 bits per heavy atom. The molecule has 3 aromatic rings. The molecule has 0 N–H and O–H groups in total. The zero-order valence-electron chi connectivity index (χ0n) is 21.2. The summed E-state index contributed by atoms with van der Waals surface area (Å²) < 4.78 is 64.1. The second-order valence-corrected chi connectivity index (χ2v) is 12.6. The van der Waals surface area contributed by atoms with Gasteiger partial charge in [0.15, 0.2) is 11.6 Å². The molecule has 1 aromatic carbocycles. The highest BCUT2D eigenvalue weighted by molar-refractivity contribution is 8.00. The van der Waals surface area contributed by atoms with Crippen LogP contribution in [0.15, 0.2) is 47.2 Å². The van der Waals surface area contributed by atoms with Crippen LogP contribution in [0.3, 0.4) is 0 Å². The Balaban J connectivity index is 1.64. The highest BCUT2D eigenvalue weighted by Gasteiger charge is 2.34. The molecule has 0 spiro atoms. The number of benzene rings is 1. The van der Waals surface area contributed by atoms with Crippen LogP contribution in [0.2, 0.25) is 0 Å².